The van der Waals surface area contributed by atoms with Gasteiger partial charge in [0.1, 0.15) is 18.2 Å². The second-order valence-corrected chi connectivity index (χ2v) is 8.85. The smallest absolute Gasteiger partial charge is 0.266 e. The first kappa shape index (κ1) is 25.1. The zero-order chi connectivity index (χ0) is 25.7. The van der Waals surface area contributed by atoms with Crippen molar-refractivity contribution in [1.29, 1.82) is 5.26 Å². The number of hydrogen-bond donors (Lipinski definition) is 1. The Labute approximate surface area is 219 Å². The number of carbonyl (C=O) groups excluding carboxylic acids is 1. The average Bonchev–Trinajstić information content (AvgIpc) is 2.89. The van der Waals surface area contributed by atoms with E-state index in [1.807, 2.05) is 18.2 Å². The Bertz CT molecular complexity index is 1520. The highest BCUT2D eigenvalue weighted by atomic mass is 35.5. The quantitative estimate of drug-likeness (QED) is 0.203. The maximum absolute atomic E-state index is 12.6. The van der Waals surface area contributed by atoms with Crippen LogP contribution >= 0.6 is 23.2 Å². The highest BCUT2D eigenvalue weighted by Crippen LogP contribution is 2.31. The number of fused-ring (bicyclic) bond motifs is 1. The molecule has 0 radical (unpaired) electrons. The van der Waals surface area contributed by atoms with Gasteiger partial charge in [0.25, 0.3) is 5.91 Å². The minimum Gasteiger partial charge on any atom is -0.493 e. The number of halogens is 2. The van der Waals surface area contributed by atoms with Crippen molar-refractivity contribution in [1.82, 2.24) is 0 Å². The summed E-state index contributed by atoms with van der Waals surface area (Å²) < 4.78 is 11.6. The van der Waals surface area contributed by atoms with Gasteiger partial charge < -0.3 is 14.8 Å². The van der Waals surface area contributed by atoms with Gasteiger partial charge in [-0.25, -0.2) is 0 Å². The first-order chi connectivity index (χ1) is 17.4. The van der Waals surface area contributed by atoms with Crippen molar-refractivity contribution in [2.45, 2.75) is 13.5 Å². The van der Waals surface area contributed by atoms with Gasteiger partial charge in [0.05, 0.1) is 17.2 Å². The first-order valence-corrected chi connectivity index (χ1v) is 11.8. The van der Waals surface area contributed by atoms with Gasteiger partial charge in [-0.15, -0.1) is 0 Å². The van der Waals surface area contributed by atoms with Gasteiger partial charge in [0.15, 0.2) is 11.5 Å². The van der Waals surface area contributed by atoms with E-state index in [9.17, 15) is 10.1 Å². The van der Waals surface area contributed by atoms with Crippen LogP contribution in [-0.4, -0.2) is 13.0 Å². The van der Waals surface area contributed by atoms with Crippen LogP contribution < -0.4 is 14.8 Å². The molecule has 0 aliphatic carbocycles. The van der Waals surface area contributed by atoms with Crippen LogP contribution in [0.15, 0.2) is 78.4 Å². The second kappa shape index (κ2) is 11.2. The Morgan fingerprint density at radius 2 is 1.81 bits per heavy atom. The monoisotopic (exact) mass is 516 g/mol. The number of benzene rings is 4. The molecule has 0 fully saturated rings. The Balaban J connectivity index is 1.54. The third kappa shape index (κ3) is 5.63. The van der Waals surface area contributed by atoms with Crippen molar-refractivity contribution in [2.75, 3.05) is 12.4 Å². The van der Waals surface area contributed by atoms with E-state index >= 15 is 0 Å². The summed E-state index contributed by atoms with van der Waals surface area (Å²) in [6, 6.07) is 24.2. The number of rotatable bonds is 7. The maximum Gasteiger partial charge on any atom is 0.266 e. The molecule has 0 bridgehead atoms. The third-order valence-corrected chi connectivity index (χ3v) is 6.43. The number of nitrogens with one attached hydrogen (secondary N) is 1. The fraction of sp³-hybridized carbons (Fsp3) is 0.103. The van der Waals surface area contributed by atoms with Crippen LogP contribution in [0.5, 0.6) is 11.5 Å². The van der Waals surface area contributed by atoms with Crippen LogP contribution in [0, 0.1) is 18.3 Å². The fourth-order valence-corrected chi connectivity index (χ4v) is 4.07. The van der Waals surface area contributed by atoms with Crippen LogP contribution in [0.2, 0.25) is 10.0 Å². The Kier molecular flexibility index (Phi) is 7.80. The molecule has 0 atom stereocenters. The summed E-state index contributed by atoms with van der Waals surface area (Å²) in [5, 5.41) is 15.2. The molecule has 0 saturated carbocycles. The first-order valence-electron chi connectivity index (χ1n) is 11.1. The number of hydrogen-bond acceptors (Lipinski definition) is 4. The summed E-state index contributed by atoms with van der Waals surface area (Å²) in [4.78, 5) is 12.6. The van der Waals surface area contributed by atoms with Crippen molar-refractivity contribution < 1.29 is 14.3 Å². The SMILES string of the molecule is COc1cc(/C=C(\C#N)C(=O)Nc2ccc(Cl)c(Cl)c2)ccc1OCc1c(C)ccc2ccccc12. The van der Waals surface area contributed by atoms with Gasteiger partial charge in [-0.3, -0.25) is 4.79 Å². The molecular formula is C29H22Cl2N2O3. The Morgan fingerprint density at radius 1 is 1.00 bits per heavy atom. The molecule has 7 heteroatoms. The number of nitrogens with zero attached hydrogens (tertiary/aromatic N) is 1. The lowest BCUT2D eigenvalue weighted by molar-refractivity contribution is -0.112. The minimum atomic E-state index is -0.568. The molecule has 1 N–H and O–H groups in total. The number of methoxy groups -OCH3 is 1. The summed E-state index contributed by atoms with van der Waals surface area (Å²) >= 11 is 11.9. The molecule has 0 aromatic heterocycles. The predicted octanol–water partition coefficient (Wildman–Crippen LogP) is 7.59. The van der Waals surface area contributed by atoms with E-state index in [-0.39, 0.29) is 5.57 Å². The highest BCUT2D eigenvalue weighted by molar-refractivity contribution is 6.42. The fourth-order valence-electron chi connectivity index (χ4n) is 3.77. The molecule has 1 amide bonds. The van der Waals surface area contributed by atoms with Gasteiger partial charge in [-0.05, 0) is 65.2 Å². The molecule has 0 unspecified atom stereocenters. The number of ether oxygens (including phenoxy) is 2. The van der Waals surface area contributed by atoms with E-state index in [4.69, 9.17) is 32.7 Å². The maximum atomic E-state index is 12.6. The van der Waals surface area contributed by atoms with Crippen molar-refractivity contribution in [3.8, 4) is 17.6 Å². The summed E-state index contributed by atoms with van der Waals surface area (Å²) in [5.74, 6) is 0.478. The van der Waals surface area contributed by atoms with Crippen LogP contribution in [-0.2, 0) is 11.4 Å². The van der Waals surface area contributed by atoms with Gasteiger partial charge in [-0.2, -0.15) is 5.26 Å². The molecule has 4 aromatic carbocycles. The third-order valence-electron chi connectivity index (χ3n) is 5.69. The van der Waals surface area contributed by atoms with E-state index in [0.29, 0.717) is 39.4 Å². The lowest BCUT2D eigenvalue weighted by atomic mass is 10.0. The van der Waals surface area contributed by atoms with Crippen LogP contribution in [0.4, 0.5) is 5.69 Å². The predicted molar refractivity (Wildman–Crippen MR) is 145 cm³/mol. The average molecular weight is 517 g/mol. The number of amides is 1. The van der Waals surface area contributed by atoms with E-state index in [1.54, 1.807) is 37.4 Å². The largest absolute Gasteiger partial charge is 0.493 e. The normalized spacial score (nSPS) is 11.1. The van der Waals surface area contributed by atoms with Gasteiger partial charge >= 0.3 is 0 Å². The zero-order valence-electron chi connectivity index (χ0n) is 19.6. The second-order valence-electron chi connectivity index (χ2n) is 8.03. The molecule has 0 aliphatic heterocycles. The van der Waals surface area contributed by atoms with Crippen molar-refractivity contribution >= 4 is 51.6 Å². The van der Waals surface area contributed by atoms with Crippen LogP contribution in [0.1, 0.15) is 16.7 Å². The Morgan fingerprint density at radius 3 is 2.56 bits per heavy atom. The summed E-state index contributed by atoms with van der Waals surface area (Å²) in [5.41, 5.74) is 3.20. The van der Waals surface area contributed by atoms with E-state index in [2.05, 4.69) is 36.5 Å². The molecule has 180 valence electrons. The van der Waals surface area contributed by atoms with Crippen molar-refractivity contribution in [3.05, 3.63) is 105 Å². The Hall–Kier alpha value is -3.98. The summed E-state index contributed by atoms with van der Waals surface area (Å²) in [6.45, 7) is 2.43. The molecule has 4 aromatic rings. The van der Waals surface area contributed by atoms with E-state index in [0.717, 1.165) is 21.9 Å². The molecule has 36 heavy (non-hydrogen) atoms. The number of carbonyl (C=O) groups is 1. The lowest BCUT2D eigenvalue weighted by Gasteiger charge is -2.14. The number of anilines is 1. The van der Waals surface area contributed by atoms with Gasteiger partial charge in [0.2, 0.25) is 0 Å². The minimum absolute atomic E-state index is 0.0804. The number of nitriles is 1. The molecular weight excluding hydrogens is 495 g/mol. The van der Waals surface area contributed by atoms with Crippen molar-refractivity contribution in [2.24, 2.45) is 0 Å². The summed E-state index contributed by atoms with van der Waals surface area (Å²) in [6.07, 6.45) is 1.48. The van der Waals surface area contributed by atoms with Gasteiger partial charge in [-0.1, -0.05) is 65.7 Å². The van der Waals surface area contributed by atoms with Crippen LogP contribution in [0.3, 0.4) is 0 Å². The molecule has 4 rings (SSSR count). The molecule has 0 heterocycles. The van der Waals surface area contributed by atoms with Gasteiger partial charge in [0, 0.05) is 11.3 Å². The highest BCUT2D eigenvalue weighted by Gasteiger charge is 2.13. The standard InChI is InChI=1S/C29H22Cl2N2O3/c1-18-7-9-20-5-3-4-6-23(20)24(18)17-36-27-12-8-19(14-28(27)35-2)13-21(16-32)29(34)33-22-10-11-25(30)26(31)15-22/h3-15H,17H2,1-2H3,(H,33,34)/b21-13+. The molecule has 0 spiro atoms. The molecule has 0 saturated heterocycles. The van der Waals surface area contributed by atoms with E-state index in [1.165, 1.54) is 12.1 Å². The van der Waals surface area contributed by atoms with Crippen LogP contribution in [0.25, 0.3) is 16.8 Å². The topological polar surface area (TPSA) is 71.3 Å². The molecule has 5 nitrogen and oxygen atoms in total. The number of aryl methyl sites for hydroxylation is 1. The summed E-state index contributed by atoms with van der Waals surface area (Å²) in [7, 11) is 1.54. The lowest BCUT2D eigenvalue weighted by Crippen LogP contribution is -2.13. The van der Waals surface area contributed by atoms with Crippen molar-refractivity contribution in [3.63, 3.8) is 0 Å². The zero-order valence-corrected chi connectivity index (χ0v) is 21.2. The molecule has 0 aliphatic rings. The van der Waals surface area contributed by atoms with E-state index < -0.39 is 5.91 Å².